The molecule has 3 heteroatoms. The molecule has 1 heterocycles. The van der Waals surface area contributed by atoms with Gasteiger partial charge in [0, 0.05) is 6.20 Å². The van der Waals surface area contributed by atoms with Crippen LogP contribution < -0.4 is 5.32 Å². The summed E-state index contributed by atoms with van der Waals surface area (Å²) < 4.78 is 0. The van der Waals surface area contributed by atoms with Crippen LogP contribution in [0, 0.1) is 0 Å². The third-order valence-electron chi connectivity index (χ3n) is 1.62. The molecule has 0 aliphatic heterocycles. The van der Waals surface area contributed by atoms with Crippen LogP contribution in [0.4, 0.5) is 0 Å². The molecule has 1 aromatic rings. The smallest absolute Gasteiger partial charge is 0.0812 e. The number of aromatic nitrogens is 1. The Kier molecular flexibility index (Phi) is 4.50. The summed E-state index contributed by atoms with van der Waals surface area (Å²) in [6.45, 7) is 0.973. The molecular formula is C10H13ClN2. The number of pyridine rings is 1. The van der Waals surface area contributed by atoms with Crippen molar-refractivity contribution in [3.8, 4) is 0 Å². The van der Waals surface area contributed by atoms with Crippen molar-refractivity contribution in [2.75, 3.05) is 13.6 Å². The molecule has 0 spiro atoms. The molecule has 1 N–H and O–H groups in total. The molecule has 0 amide bonds. The molecule has 0 aliphatic carbocycles. The Hall–Kier alpha value is -0.860. The first kappa shape index (κ1) is 10.2. The molecule has 2 nitrogen and oxygen atoms in total. The van der Waals surface area contributed by atoms with Crippen molar-refractivity contribution >= 4 is 17.7 Å². The fourth-order valence-electron chi connectivity index (χ4n) is 0.943. The van der Waals surface area contributed by atoms with Gasteiger partial charge in [0.25, 0.3) is 0 Å². The van der Waals surface area contributed by atoms with Crippen LogP contribution in [0.25, 0.3) is 6.08 Å². The first-order valence-electron chi connectivity index (χ1n) is 4.26. The van der Waals surface area contributed by atoms with Gasteiger partial charge in [-0.05, 0) is 38.2 Å². The summed E-state index contributed by atoms with van der Waals surface area (Å²) in [4.78, 5) is 4.14. The fraction of sp³-hybridized carbons (Fsp3) is 0.300. The van der Waals surface area contributed by atoms with Gasteiger partial charge in [-0.25, -0.2) is 0 Å². The molecule has 13 heavy (non-hydrogen) atoms. The Morgan fingerprint density at radius 1 is 1.62 bits per heavy atom. The molecule has 0 bridgehead atoms. The van der Waals surface area contributed by atoms with Crippen molar-refractivity contribution in [2.45, 2.75) is 6.42 Å². The topological polar surface area (TPSA) is 24.9 Å². The molecule has 0 saturated carbocycles. The van der Waals surface area contributed by atoms with Gasteiger partial charge in [-0.3, -0.25) is 4.98 Å². The predicted octanol–water partition coefficient (Wildman–Crippen LogP) is 2.36. The Morgan fingerprint density at radius 2 is 2.46 bits per heavy atom. The van der Waals surface area contributed by atoms with Crippen LogP contribution in [0.2, 0.25) is 5.02 Å². The molecule has 0 saturated heterocycles. The highest BCUT2D eigenvalue weighted by molar-refractivity contribution is 6.31. The minimum absolute atomic E-state index is 0.697. The van der Waals surface area contributed by atoms with E-state index in [0.717, 1.165) is 18.7 Å². The van der Waals surface area contributed by atoms with E-state index < -0.39 is 0 Å². The highest BCUT2D eigenvalue weighted by Crippen LogP contribution is 2.13. The van der Waals surface area contributed by atoms with Crippen molar-refractivity contribution < 1.29 is 0 Å². The van der Waals surface area contributed by atoms with E-state index in [2.05, 4.69) is 16.4 Å². The van der Waals surface area contributed by atoms with Gasteiger partial charge in [-0.15, -0.1) is 0 Å². The highest BCUT2D eigenvalue weighted by Gasteiger charge is 1.93. The quantitative estimate of drug-likeness (QED) is 0.748. The van der Waals surface area contributed by atoms with Crippen LogP contribution in [-0.4, -0.2) is 18.6 Å². The van der Waals surface area contributed by atoms with Gasteiger partial charge >= 0.3 is 0 Å². The molecule has 0 aliphatic rings. The van der Waals surface area contributed by atoms with E-state index >= 15 is 0 Å². The van der Waals surface area contributed by atoms with Crippen LogP contribution >= 0.6 is 11.6 Å². The number of rotatable bonds is 4. The molecule has 0 fully saturated rings. The Bertz CT molecular complexity index is 284. The predicted molar refractivity (Wildman–Crippen MR) is 56.8 cm³/mol. The highest BCUT2D eigenvalue weighted by atomic mass is 35.5. The van der Waals surface area contributed by atoms with Crippen LogP contribution in [0.1, 0.15) is 12.1 Å². The van der Waals surface area contributed by atoms with Crippen molar-refractivity contribution in [1.82, 2.24) is 10.3 Å². The summed E-state index contributed by atoms with van der Waals surface area (Å²) in [5.74, 6) is 0. The second-order valence-corrected chi connectivity index (χ2v) is 3.07. The first-order valence-corrected chi connectivity index (χ1v) is 4.64. The molecule has 70 valence electrons. The summed E-state index contributed by atoms with van der Waals surface area (Å²) in [6.07, 6.45) is 6.73. The summed E-state index contributed by atoms with van der Waals surface area (Å²) in [5, 5.41) is 3.76. The molecule has 0 unspecified atom stereocenters. The monoisotopic (exact) mass is 196 g/mol. The Balaban J connectivity index is 2.53. The van der Waals surface area contributed by atoms with E-state index in [1.165, 1.54) is 0 Å². The Labute approximate surface area is 83.6 Å². The zero-order valence-corrected chi connectivity index (χ0v) is 8.38. The number of hydrogen-bond acceptors (Lipinski definition) is 2. The molecular weight excluding hydrogens is 184 g/mol. The first-order chi connectivity index (χ1) is 6.34. The lowest BCUT2D eigenvalue weighted by molar-refractivity contribution is 0.809. The van der Waals surface area contributed by atoms with E-state index in [0.29, 0.717) is 5.02 Å². The van der Waals surface area contributed by atoms with Gasteiger partial charge in [-0.1, -0.05) is 17.7 Å². The zero-order valence-electron chi connectivity index (χ0n) is 7.63. The maximum atomic E-state index is 5.91. The van der Waals surface area contributed by atoms with Gasteiger partial charge in [-0.2, -0.15) is 0 Å². The van der Waals surface area contributed by atoms with Crippen molar-refractivity contribution in [3.05, 3.63) is 35.1 Å². The molecule has 0 aromatic carbocycles. The summed E-state index contributed by atoms with van der Waals surface area (Å²) in [7, 11) is 1.93. The fourth-order valence-corrected chi connectivity index (χ4v) is 1.13. The number of nitrogens with zero attached hydrogens (tertiary/aromatic N) is 1. The van der Waals surface area contributed by atoms with E-state index in [-0.39, 0.29) is 0 Å². The second kappa shape index (κ2) is 5.73. The average Bonchev–Trinajstić information content (AvgIpc) is 2.15. The van der Waals surface area contributed by atoms with Crippen LogP contribution in [-0.2, 0) is 0 Å². The van der Waals surface area contributed by atoms with Gasteiger partial charge in [0.05, 0.1) is 10.7 Å². The van der Waals surface area contributed by atoms with Crippen LogP contribution in [0.5, 0.6) is 0 Å². The minimum atomic E-state index is 0.697. The maximum absolute atomic E-state index is 5.91. The lowest BCUT2D eigenvalue weighted by Gasteiger charge is -1.95. The third-order valence-corrected chi connectivity index (χ3v) is 1.94. The van der Waals surface area contributed by atoms with E-state index in [4.69, 9.17) is 11.6 Å². The van der Waals surface area contributed by atoms with E-state index in [1.54, 1.807) is 6.20 Å². The van der Waals surface area contributed by atoms with Gasteiger partial charge < -0.3 is 5.32 Å². The molecule has 0 atom stereocenters. The number of nitrogens with one attached hydrogen (secondary N) is 1. The van der Waals surface area contributed by atoms with Crippen molar-refractivity contribution in [1.29, 1.82) is 0 Å². The maximum Gasteiger partial charge on any atom is 0.0812 e. The normalized spacial score (nSPS) is 10.9. The number of halogens is 1. The second-order valence-electron chi connectivity index (χ2n) is 2.67. The summed E-state index contributed by atoms with van der Waals surface area (Å²) in [6, 6.07) is 3.67. The zero-order chi connectivity index (χ0) is 9.52. The Morgan fingerprint density at radius 3 is 3.15 bits per heavy atom. The van der Waals surface area contributed by atoms with Crippen molar-refractivity contribution in [3.63, 3.8) is 0 Å². The standard InChI is InChI=1S/C10H13ClN2/c1-12-7-3-2-6-10-9(11)5-4-8-13-10/h2,4-6,8,12H,3,7H2,1H3. The molecule has 1 aromatic heterocycles. The largest absolute Gasteiger partial charge is 0.319 e. The van der Waals surface area contributed by atoms with Gasteiger partial charge in [0.1, 0.15) is 0 Å². The van der Waals surface area contributed by atoms with E-state index in [9.17, 15) is 0 Å². The van der Waals surface area contributed by atoms with Gasteiger partial charge in [0.2, 0.25) is 0 Å². The van der Waals surface area contributed by atoms with E-state index in [1.807, 2.05) is 25.3 Å². The average molecular weight is 197 g/mol. The lowest BCUT2D eigenvalue weighted by atomic mass is 10.3. The molecule has 1 rings (SSSR count). The summed E-state index contributed by atoms with van der Waals surface area (Å²) >= 11 is 5.91. The summed E-state index contributed by atoms with van der Waals surface area (Å²) in [5.41, 5.74) is 0.834. The van der Waals surface area contributed by atoms with Gasteiger partial charge in [0.15, 0.2) is 0 Å². The minimum Gasteiger partial charge on any atom is -0.319 e. The number of hydrogen-bond donors (Lipinski definition) is 1. The molecule has 0 radical (unpaired) electrons. The third kappa shape index (κ3) is 3.57. The van der Waals surface area contributed by atoms with Crippen LogP contribution in [0.3, 0.4) is 0 Å². The SMILES string of the molecule is CNCCC=Cc1ncccc1Cl. The van der Waals surface area contributed by atoms with Crippen LogP contribution in [0.15, 0.2) is 24.4 Å². The van der Waals surface area contributed by atoms with Crippen molar-refractivity contribution in [2.24, 2.45) is 0 Å². The lowest BCUT2D eigenvalue weighted by Crippen LogP contribution is -2.05.